The van der Waals surface area contributed by atoms with Gasteiger partial charge in [0.05, 0.1) is 0 Å². The fourth-order valence-electron chi connectivity index (χ4n) is 2.82. The highest BCUT2D eigenvalue weighted by Gasteiger charge is 2.17. The molecule has 0 saturated heterocycles. The third-order valence-electron chi connectivity index (χ3n) is 4.19. The van der Waals surface area contributed by atoms with Crippen LogP contribution in [0.3, 0.4) is 0 Å². The highest BCUT2D eigenvalue weighted by Crippen LogP contribution is 2.30. The highest BCUT2D eigenvalue weighted by molar-refractivity contribution is 6.31. The molecule has 0 N–H and O–H groups in total. The summed E-state index contributed by atoms with van der Waals surface area (Å²) in [4.78, 5) is 14.3. The number of amides is 1. The Bertz CT molecular complexity index is 974. The molecule has 3 aromatic carbocycles. The molecule has 2 nitrogen and oxygen atoms in total. The zero-order valence-electron chi connectivity index (χ0n) is 15.1. The van der Waals surface area contributed by atoms with Crippen LogP contribution in [-0.4, -0.2) is 24.9 Å². The van der Waals surface area contributed by atoms with Crippen molar-refractivity contribution >= 4 is 40.8 Å². The lowest BCUT2D eigenvalue weighted by Gasteiger charge is -2.17. The van der Waals surface area contributed by atoms with Gasteiger partial charge in [0.25, 0.3) is 5.91 Å². The Labute approximate surface area is 169 Å². The van der Waals surface area contributed by atoms with E-state index in [4.69, 9.17) is 23.2 Å². The minimum atomic E-state index is -0.0402. The molecular weight excluding hydrogens is 377 g/mol. The second-order valence-electron chi connectivity index (χ2n) is 6.36. The van der Waals surface area contributed by atoms with E-state index in [1.165, 1.54) is 0 Å². The van der Waals surface area contributed by atoms with Crippen LogP contribution < -0.4 is 0 Å². The summed E-state index contributed by atoms with van der Waals surface area (Å²) in [5.41, 5.74) is 4.44. The highest BCUT2D eigenvalue weighted by atomic mass is 35.5. The number of hydrogen-bond acceptors (Lipinski definition) is 1. The predicted molar refractivity (Wildman–Crippen MR) is 114 cm³/mol. The van der Waals surface area contributed by atoms with Gasteiger partial charge in [0, 0.05) is 29.7 Å². The summed E-state index contributed by atoms with van der Waals surface area (Å²) in [7, 11) is 3.51. The number of benzene rings is 3. The van der Waals surface area contributed by atoms with Crippen molar-refractivity contribution < 1.29 is 4.79 Å². The van der Waals surface area contributed by atoms with Crippen LogP contribution in [0.15, 0.2) is 72.8 Å². The van der Waals surface area contributed by atoms with Crippen LogP contribution in [0.5, 0.6) is 0 Å². The van der Waals surface area contributed by atoms with Crippen LogP contribution >= 0.6 is 23.2 Å². The first kappa shape index (κ1) is 19.2. The van der Waals surface area contributed by atoms with Gasteiger partial charge in [-0.25, -0.2) is 0 Å². The molecule has 0 unspecified atom stereocenters. The number of carbonyl (C=O) groups excluding carboxylic acids is 1. The van der Waals surface area contributed by atoms with Crippen LogP contribution in [0.4, 0.5) is 0 Å². The molecule has 0 aliphatic heterocycles. The van der Waals surface area contributed by atoms with E-state index >= 15 is 0 Å². The van der Waals surface area contributed by atoms with Gasteiger partial charge < -0.3 is 4.90 Å². The number of carbonyl (C=O) groups is 1. The SMILES string of the molecule is CN(C)C(=O)c1ccccc1/C(=C/c1ccc(Cl)cc1)c1ccc(Cl)cc1. The summed E-state index contributed by atoms with van der Waals surface area (Å²) < 4.78 is 0. The Morgan fingerprint density at radius 2 is 1.30 bits per heavy atom. The van der Waals surface area contributed by atoms with Crippen molar-refractivity contribution in [1.82, 2.24) is 4.90 Å². The third-order valence-corrected chi connectivity index (χ3v) is 4.69. The molecule has 0 heterocycles. The molecule has 0 bridgehead atoms. The van der Waals surface area contributed by atoms with E-state index < -0.39 is 0 Å². The second kappa shape index (κ2) is 8.43. The molecule has 1 amide bonds. The standard InChI is InChI=1S/C23H19Cl2NO/c1-26(2)23(27)21-6-4-3-5-20(21)22(17-9-13-19(25)14-10-17)15-16-7-11-18(24)12-8-16/h3-15H,1-2H3/b22-15+. The molecule has 27 heavy (non-hydrogen) atoms. The van der Waals surface area contributed by atoms with Crippen molar-refractivity contribution in [3.63, 3.8) is 0 Å². The summed E-state index contributed by atoms with van der Waals surface area (Å²) in [5, 5.41) is 1.35. The second-order valence-corrected chi connectivity index (χ2v) is 7.23. The maximum Gasteiger partial charge on any atom is 0.253 e. The van der Waals surface area contributed by atoms with Crippen LogP contribution in [0.25, 0.3) is 11.6 Å². The average molecular weight is 396 g/mol. The summed E-state index contributed by atoms with van der Waals surface area (Å²) >= 11 is 12.1. The summed E-state index contributed by atoms with van der Waals surface area (Å²) in [6.45, 7) is 0. The topological polar surface area (TPSA) is 20.3 Å². The first-order chi connectivity index (χ1) is 13.0. The van der Waals surface area contributed by atoms with Gasteiger partial charge in [-0.05, 0) is 58.7 Å². The fourth-order valence-corrected chi connectivity index (χ4v) is 3.07. The van der Waals surface area contributed by atoms with Gasteiger partial charge >= 0.3 is 0 Å². The normalized spacial score (nSPS) is 11.3. The van der Waals surface area contributed by atoms with Gasteiger partial charge in [-0.15, -0.1) is 0 Å². The van der Waals surface area contributed by atoms with Gasteiger partial charge in [0.2, 0.25) is 0 Å². The Balaban J connectivity index is 2.21. The van der Waals surface area contributed by atoms with Gasteiger partial charge in [-0.3, -0.25) is 4.79 Å². The number of halogens is 2. The van der Waals surface area contributed by atoms with Gasteiger partial charge in [0.15, 0.2) is 0 Å². The predicted octanol–water partition coefficient (Wildman–Crippen LogP) is 6.28. The van der Waals surface area contributed by atoms with E-state index in [9.17, 15) is 4.79 Å². The molecule has 0 radical (unpaired) electrons. The lowest BCUT2D eigenvalue weighted by Crippen LogP contribution is -2.22. The van der Waals surface area contributed by atoms with Crippen LogP contribution in [0.2, 0.25) is 10.0 Å². The first-order valence-corrected chi connectivity index (χ1v) is 9.25. The lowest BCUT2D eigenvalue weighted by atomic mass is 9.91. The maximum absolute atomic E-state index is 12.7. The van der Waals surface area contributed by atoms with Crippen molar-refractivity contribution in [2.45, 2.75) is 0 Å². The molecular formula is C23H19Cl2NO. The van der Waals surface area contributed by atoms with E-state index in [1.807, 2.05) is 72.8 Å². The van der Waals surface area contributed by atoms with Crippen molar-refractivity contribution in [3.8, 4) is 0 Å². The minimum Gasteiger partial charge on any atom is -0.345 e. The fraction of sp³-hybridized carbons (Fsp3) is 0.0870. The first-order valence-electron chi connectivity index (χ1n) is 8.50. The number of nitrogens with zero attached hydrogens (tertiary/aromatic N) is 1. The van der Waals surface area contributed by atoms with Crippen molar-refractivity contribution in [2.24, 2.45) is 0 Å². The minimum absolute atomic E-state index is 0.0402. The van der Waals surface area contributed by atoms with Crippen LogP contribution in [0.1, 0.15) is 27.0 Å². The zero-order chi connectivity index (χ0) is 19.4. The van der Waals surface area contributed by atoms with Crippen molar-refractivity contribution in [3.05, 3.63) is 105 Å². The Morgan fingerprint density at radius 1 is 0.778 bits per heavy atom. The van der Waals surface area contributed by atoms with Crippen LogP contribution in [-0.2, 0) is 0 Å². The zero-order valence-corrected chi connectivity index (χ0v) is 16.6. The van der Waals surface area contributed by atoms with Crippen molar-refractivity contribution in [2.75, 3.05) is 14.1 Å². The summed E-state index contributed by atoms with van der Waals surface area (Å²) in [5.74, 6) is -0.0402. The molecule has 0 aliphatic carbocycles. The average Bonchev–Trinajstić information content (AvgIpc) is 2.68. The summed E-state index contributed by atoms with van der Waals surface area (Å²) in [6.07, 6.45) is 2.06. The molecule has 0 spiro atoms. The third kappa shape index (κ3) is 4.60. The quantitative estimate of drug-likeness (QED) is 0.475. The maximum atomic E-state index is 12.7. The van der Waals surface area contributed by atoms with E-state index in [0.717, 1.165) is 22.3 Å². The molecule has 0 atom stereocenters. The summed E-state index contributed by atoms with van der Waals surface area (Å²) in [6, 6.07) is 22.9. The monoisotopic (exact) mass is 395 g/mol. The van der Waals surface area contributed by atoms with E-state index in [1.54, 1.807) is 19.0 Å². The molecule has 136 valence electrons. The van der Waals surface area contributed by atoms with Gasteiger partial charge in [-0.2, -0.15) is 0 Å². The van der Waals surface area contributed by atoms with Crippen molar-refractivity contribution in [1.29, 1.82) is 0 Å². The van der Waals surface area contributed by atoms with E-state index in [-0.39, 0.29) is 5.91 Å². The van der Waals surface area contributed by atoms with Crippen LogP contribution in [0, 0.1) is 0 Å². The molecule has 0 fully saturated rings. The molecule has 4 heteroatoms. The van der Waals surface area contributed by atoms with E-state index in [2.05, 4.69) is 6.08 Å². The van der Waals surface area contributed by atoms with E-state index in [0.29, 0.717) is 15.6 Å². The smallest absolute Gasteiger partial charge is 0.253 e. The Hall–Kier alpha value is -2.55. The Kier molecular flexibility index (Phi) is 6.00. The van der Waals surface area contributed by atoms with Gasteiger partial charge in [0.1, 0.15) is 0 Å². The number of rotatable bonds is 4. The molecule has 3 rings (SSSR count). The van der Waals surface area contributed by atoms with Gasteiger partial charge in [-0.1, -0.05) is 65.7 Å². The molecule has 0 aromatic heterocycles. The Morgan fingerprint density at radius 3 is 1.85 bits per heavy atom. The number of hydrogen-bond donors (Lipinski definition) is 0. The molecule has 0 saturated carbocycles. The molecule has 3 aromatic rings. The molecule has 0 aliphatic rings. The lowest BCUT2D eigenvalue weighted by molar-refractivity contribution is 0.0827. The largest absolute Gasteiger partial charge is 0.345 e.